The van der Waals surface area contributed by atoms with Gasteiger partial charge in [-0.05, 0) is 68.7 Å². The third-order valence-corrected chi connectivity index (χ3v) is 4.02. The average Bonchev–Trinajstić information content (AvgIpc) is 2.69. The van der Waals surface area contributed by atoms with Crippen LogP contribution in [0.3, 0.4) is 0 Å². The number of hydrogen-bond donors (Lipinski definition) is 3. The largest absolute Gasteiger partial charge is 0.484 e. The fourth-order valence-electron chi connectivity index (χ4n) is 2.39. The molecule has 0 bridgehead atoms. The van der Waals surface area contributed by atoms with Crippen LogP contribution in [-0.2, 0) is 14.4 Å². The number of rotatable bonds is 7. The molecule has 0 fully saturated rings. The smallest absolute Gasteiger partial charge is 0.329 e. The molecule has 0 saturated carbocycles. The molecule has 3 N–H and O–H groups in total. The number of nitrogens with one attached hydrogen (secondary N) is 3. The van der Waals surface area contributed by atoms with Crippen LogP contribution in [0.4, 0.5) is 5.69 Å². The number of hydrogen-bond acceptors (Lipinski definition) is 5. The Morgan fingerprint density at radius 1 is 1.03 bits per heavy atom. The second-order valence-corrected chi connectivity index (χ2v) is 7.04. The van der Waals surface area contributed by atoms with E-state index in [1.165, 1.54) is 6.21 Å². The van der Waals surface area contributed by atoms with Crippen molar-refractivity contribution in [2.45, 2.75) is 33.7 Å². The standard InChI is InChI=1S/C22H26N4O4/c1-14(2)24-21(28)22(29)26-23-12-17-6-5-7-19(11-17)30-13-20(27)25-18-9-8-15(3)16(4)10-18/h5-12,14H,13H2,1-4H3,(H,24,28)(H,25,27)(H,26,29)/b23-12-. The van der Waals surface area contributed by atoms with E-state index in [0.29, 0.717) is 17.0 Å². The lowest BCUT2D eigenvalue weighted by Crippen LogP contribution is -2.41. The molecular weight excluding hydrogens is 384 g/mol. The quantitative estimate of drug-likeness (QED) is 0.370. The average molecular weight is 410 g/mol. The number of nitrogens with zero attached hydrogens (tertiary/aromatic N) is 1. The molecule has 0 aliphatic rings. The monoisotopic (exact) mass is 410 g/mol. The topological polar surface area (TPSA) is 109 Å². The number of aryl methyl sites for hydroxylation is 2. The first-order valence-electron chi connectivity index (χ1n) is 9.48. The summed E-state index contributed by atoms with van der Waals surface area (Å²) in [5.74, 6) is -1.41. The fourth-order valence-corrected chi connectivity index (χ4v) is 2.39. The molecule has 0 aromatic heterocycles. The third kappa shape index (κ3) is 7.38. The van der Waals surface area contributed by atoms with E-state index in [1.807, 2.05) is 32.0 Å². The van der Waals surface area contributed by atoms with Gasteiger partial charge in [-0.3, -0.25) is 14.4 Å². The summed E-state index contributed by atoms with van der Waals surface area (Å²) in [7, 11) is 0. The number of amides is 3. The molecule has 0 heterocycles. The molecule has 2 aromatic carbocycles. The summed E-state index contributed by atoms with van der Waals surface area (Å²) in [4.78, 5) is 35.2. The Morgan fingerprint density at radius 2 is 1.80 bits per heavy atom. The zero-order valence-electron chi connectivity index (χ0n) is 17.5. The Morgan fingerprint density at radius 3 is 2.50 bits per heavy atom. The van der Waals surface area contributed by atoms with Crippen LogP contribution in [0.15, 0.2) is 47.6 Å². The van der Waals surface area contributed by atoms with E-state index in [2.05, 4.69) is 21.2 Å². The molecule has 2 aromatic rings. The fraction of sp³-hybridized carbons (Fsp3) is 0.273. The maximum Gasteiger partial charge on any atom is 0.329 e. The minimum Gasteiger partial charge on any atom is -0.484 e. The number of hydrazone groups is 1. The zero-order valence-corrected chi connectivity index (χ0v) is 17.5. The van der Waals surface area contributed by atoms with Crippen molar-refractivity contribution in [2.75, 3.05) is 11.9 Å². The summed E-state index contributed by atoms with van der Waals surface area (Å²) in [6.07, 6.45) is 1.38. The van der Waals surface area contributed by atoms with Gasteiger partial charge in [0.15, 0.2) is 6.61 Å². The molecule has 0 spiro atoms. The molecular formula is C22H26N4O4. The Kier molecular flexibility index (Phi) is 8.10. The first-order chi connectivity index (χ1) is 14.2. The zero-order chi connectivity index (χ0) is 22.1. The number of anilines is 1. The van der Waals surface area contributed by atoms with Crippen LogP contribution >= 0.6 is 0 Å². The molecule has 158 valence electrons. The SMILES string of the molecule is Cc1ccc(NC(=O)COc2cccc(/C=N\NC(=O)C(=O)NC(C)C)c2)cc1C. The molecule has 0 unspecified atom stereocenters. The lowest BCUT2D eigenvalue weighted by molar-refractivity contribution is -0.139. The first-order valence-corrected chi connectivity index (χ1v) is 9.48. The van der Waals surface area contributed by atoms with Gasteiger partial charge in [0, 0.05) is 11.7 Å². The Bertz CT molecular complexity index is 954. The van der Waals surface area contributed by atoms with Crippen molar-refractivity contribution < 1.29 is 19.1 Å². The Hall–Kier alpha value is -3.68. The molecule has 30 heavy (non-hydrogen) atoms. The first kappa shape index (κ1) is 22.6. The molecule has 8 nitrogen and oxygen atoms in total. The van der Waals surface area contributed by atoms with Crippen molar-refractivity contribution in [3.05, 3.63) is 59.2 Å². The van der Waals surface area contributed by atoms with E-state index in [1.54, 1.807) is 38.1 Å². The Balaban J connectivity index is 1.86. The normalized spacial score (nSPS) is 10.7. The van der Waals surface area contributed by atoms with Crippen molar-refractivity contribution >= 4 is 29.6 Å². The van der Waals surface area contributed by atoms with E-state index in [-0.39, 0.29) is 18.6 Å². The van der Waals surface area contributed by atoms with Crippen molar-refractivity contribution in [1.29, 1.82) is 0 Å². The molecule has 0 aliphatic heterocycles. The van der Waals surface area contributed by atoms with Crippen LogP contribution in [0, 0.1) is 13.8 Å². The number of ether oxygens (including phenoxy) is 1. The van der Waals surface area contributed by atoms with Gasteiger partial charge in [-0.2, -0.15) is 5.10 Å². The van der Waals surface area contributed by atoms with Gasteiger partial charge >= 0.3 is 11.8 Å². The third-order valence-electron chi connectivity index (χ3n) is 4.02. The molecule has 0 atom stereocenters. The molecule has 0 saturated heterocycles. The molecule has 2 rings (SSSR count). The van der Waals surface area contributed by atoms with Gasteiger partial charge in [0.2, 0.25) is 0 Å². The molecule has 0 aliphatic carbocycles. The predicted octanol–water partition coefficient (Wildman–Crippen LogP) is 2.30. The van der Waals surface area contributed by atoms with Crippen LogP contribution in [0.1, 0.15) is 30.5 Å². The summed E-state index contributed by atoms with van der Waals surface area (Å²) >= 11 is 0. The maximum atomic E-state index is 12.1. The van der Waals surface area contributed by atoms with E-state index < -0.39 is 11.8 Å². The minimum atomic E-state index is -0.852. The second kappa shape index (κ2) is 10.8. The summed E-state index contributed by atoms with van der Waals surface area (Å²) in [6, 6.07) is 12.4. The van der Waals surface area contributed by atoms with Crippen LogP contribution < -0.4 is 20.8 Å². The van der Waals surface area contributed by atoms with E-state index in [9.17, 15) is 14.4 Å². The van der Waals surface area contributed by atoms with Crippen molar-refractivity contribution in [3.8, 4) is 5.75 Å². The van der Waals surface area contributed by atoms with Gasteiger partial charge in [-0.1, -0.05) is 18.2 Å². The van der Waals surface area contributed by atoms with Crippen molar-refractivity contribution in [3.63, 3.8) is 0 Å². The van der Waals surface area contributed by atoms with Crippen LogP contribution in [0.2, 0.25) is 0 Å². The predicted molar refractivity (Wildman–Crippen MR) is 115 cm³/mol. The number of carbonyl (C=O) groups excluding carboxylic acids is 3. The molecule has 0 radical (unpaired) electrons. The number of benzene rings is 2. The highest BCUT2D eigenvalue weighted by atomic mass is 16.5. The van der Waals surface area contributed by atoms with Gasteiger partial charge in [0.1, 0.15) is 5.75 Å². The van der Waals surface area contributed by atoms with Gasteiger partial charge in [0.25, 0.3) is 5.91 Å². The van der Waals surface area contributed by atoms with E-state index in [0.717, 1.165) is 11.1 Å². The van der Waals surface area contributed by atoms with Crippen LogP contribution in [0.25, 0.3) is 0 Å². The molecule has 8 heteroatoms. The lowest BCUT2D eigenvalue weighted by atomic mass is 10.1. The summed E-state index contributed by atoms with van der Waals surface area (Å²) in [5, 5.41) is 9.02. The second-order valence-electron chi connectivity index (χ2n) is 7.04. The van der Waals surface area contributed by atoms with E-state index in [4.69, 9.17) is 4.74 Å². The maximum absolute atomic E-state index is 12.1. The van der Waals surface area contributed by atoms with E-state index >= 15 is 0 Å². The molecule has 3 amide bonds. The van der Waals surface area contributed by atoms with Crippen molar-refractivity contribution in [2.24, 2.45) is 5.10 Å². The highest BCUT2D eigenvalue weighted by Gasteiger charge is 2.12. The minimum absolute atomic E-state index is 0.145. The summed E-state index contributed by atoms with van der Waals surface area (Å²) in [5.41, 5.74) is 5.74. The van der Waals surface area contributed by atoms with Gasteiger partial charge in [-0.15, -0.1) is 0 Å². The number of carbonyl (C=O) groups is 3. The van der Waals surface area contributed by atoms with Crippen molar-refractivity contribution in [1.82, 2.24) is 10.7 Å². The van der Waals surface area contributed by atoms with Gasteiger partial charge in [-0.25, -0.2) is 5.43 Å². The summed E-state index contributed by atoms with van der Waals surface area (Å²) < 4.78 is 5.52. The van der Waals surface area contributed by atoms with Crippen LogP contribution in [-0.4, -0.2) is 36.6 Å². The van der Waals surface area contributed by atoms with Gasteiger partial charge in [0.05, 0.1) is 6.21 Å². The van der Waals surface area contributed by atoms with Crippen LogP contribution in [0.5, 0.6) is 5.75 Å². The highest BCUT2D eigenvalue weighted by molar-refractivity contribution is 6.35. The highest BCUT2D eigenvalue weighted by Crippen LogP contribution is 2.15. The lowest BCUT2D eigenvalue weighted by Gasteiger charge is -2.09. The summed E-state index contributed by atoms with van der Waals surface area (Å²) in [6.45, 7) is 7.34. The van der Waals surface area contributed by atoms with Gasteiger partial charge < -0.3 is 15.4 Å². The Labute approximate surface area is 175 Å².